The van der Waals surface area contributed by atoms with Crippen molar-refractivity contribution in [3.63, 3.8) is 0 Å². The highest BCUT2D eigenvalue weighted by atomic mass is 16.5. The smallest absolute Gasteiger partial charge is 0.312 e. The molecule has 0 aliphatic carbocycles. The summed E-state index contributed by atoms with van der Waals surface area (Å²) >= 11 is 0. The van der Waals surface area contributed by atoms with Crippen molar-refractivity contribution < 1.29 is 9.53 Å². The molecule has 0 fully saturated rings. The van der Waals surface area contributed by atoms with E-state index in [9.17, 15) is 4.79 Å². The zero-order valence-corrected chi connectivity index (χ0v) is 23.1. The maximum Gasteiger partial charge on any atom is 0.312 e. The Bertz CT molecular complexity index is 419. The third-order valence-corrected chi connectivity index (χ3v) is 7.59. The lowest BCUT2D eigenvalue weighted by Gasteiger charge is -2.35. The molecule has 0 spiro atoms. The fourth-order valence-corrected chi connectivity index (χ4v) is 5.27. The van der Waals surface area contributed by atoms with Crippen molar-refractivity contribution in [1.82, 2.24) is 0 Å². The van der Waals surface area contributed by atoms with Crippen molar-refractivity contribution in [1.29, 1.82) is 0 Å². The molecule has 0 aliphatic rings. The summed E-state index contributed by atoms with van der Waals surface area (Å²) in [6.45, 7) is 14.2. The number of carbonyl (C=O) groups excluding carboxylic acids is 1. The highest BCUT2D eigenvalue weighted by Gasteiger charge is 2.39. The van der Waals surface area contributed by atoms with Crippen LogP contribution in [0, 0.1) is 17.3 Å². The first-order chi connectivity index (χ1) is 15.5. The number of ether oxygens (including phenoxy) is 1. The SMILES string of the molecule is CCCCCCC(CCCC)COC(=O)C(CC)(CCCC)CC(CCC)CCCCC. The molecule has 0 radical (unpaired) electrons. The van der Waals surface area contributed by atoms with Gasteiger partial charge in [0.15, 0.2) is 0 Å². The van der Waals surface area contributed by atoms with Gasteiger partial charge in [-0.3, -0.25) is 4.79 Å². The third-order valence-electron chi connectivity index (χ3n) is 7.59. The molecule has 3 unspecified atom stereocenters. The lowest BCUT2D eigenvalue weighted by Crippen LogP contribution is -2.36. The van der Waals surface area contributed by atoms with Gasteiger partial charge in [0, 0.05) is 0 Å². The van der Waals surface area contributed by atoms with Crippen molar-refractivity contribution in [2.24, 2.45) is 17.3 Å². The summed E-state index contributed by atoms with van der Waals surface area (Å²) in [7, 11) is 0. The number of hydrogen-bond acceptors (Lipinski definition) is 2. The average molecular weight is 453 g/mol. The van der Waals surface area contributed by atoms with Gasteiger partial charge in [0.1, 0.15) is 0 Å². The summed E-state index contributed by atoms with van der Waals surface area (Å²) in [5, 5.41) is 0. The summed E-state index contributed by atoms with van der Waals surface area (Å²) in [5.74, 6) is 1.34. The van der Waals surface area contributed by atoms with Crippen LogP contribution in [-0.4, -0.2) is 12.6 Å². The second kappa shape index (κ2) is 21.0. The van der Waals surface area contributed by atoms with Crippen molar-refractivity contribution in [3.05, 3.63) is 0 Å². The van der Waals surface area contributed by atoms with E-state index in [1.807, 2.05) is 0 Å². The van der Waals surface area contributed by atoms with E-state index in [1.165, 1.54) is 89.9 Å². The Kier molecular flexibility index (Phi) is 20.7. The average Bonchev–Trinajstić information content (AvgIpc) is 2.80. The van der Waals surface area contributed by atoms with Crippen LogP contribution < -0.4 is 0 Å². The quantitative estimate of drug-likeness (QED) is 0.114. The molecule has 2 heteroatoms. The van der Waals surface area contributed by atoms with Crippen LogP contribution in [0.25, 0.3) is 0 Å². The minimum absolute atomic E-state index is 0.125. The minimum Gasteiger partial charge on any atom is -0.465 e. The van der Waals surface area contributed by atoms with Gasteiger partial charge in [-0.15, -0.1) is 0 Å². The Labute approximate surface area is 203 Å². The normalized spacial score (nSPS) is 15.3. The molecule has 0 rings (SSSR count). The fourth-order valence-electron chi connectivity index (χ4n) is 5.27. The van der Waals surface area contributed by atoms with Crippen molar-refractivity contribution in [2.75, 3.05) is 6.61 Å². The lowest BCUT2D eigenvalue weighted by molar-refractivity contribution is -0.160. The fraction of sp³-hybridized carbons (Fsp3) is 0.967. The topological polar surface area (TPSA) is 26.3 Å². The molecule has 3 atom stereocenters. The molecule has 0 N–H and O–H groups in total. The summed E-state index contributed by atoms with van der Waals surface area (Å²) in [6.07, 6.45) is 23.0. The number of esters is 1. The Morgan fingerprint density at radius 2 is 1.19 bits per heavy atom. The largest absolute Gasteiger partial charge is 0.465 e. The van der Waals surface area contributed by atoms with Crippen LogP contribution in [0.4, 0.5) is 0 Å². The first kappa shape index (κ1) is 31.5. The number of carbonyl (C=O) groups is 1. The Morgan fingerprint density at radius 3 is 1.78 bits per heavy atom. The molecular weight excluding hydrogens is 392 g/mol. The van der Waals surface area contributed by atoms with Gasteiger partial charge in [-0.1, -0.05) is 131 Å². The van der Waals surface area contributed by atoms with Crippen LogP contribution >= 0.6 is 0 Å². The highest BCUT2D eigenvalue weighted by molar-refractivity contribution is 5.76. The zero-order chi connectivity index (χ0) is 24.1. The minimum atomic E-state index is -0.264. The van der Waals surface area contributed by atoms with Gasteiger partial charge >= 0.3 is 5.97 Å². The van der Waals surface area contributed by atoms with Gasteiger partial charge in [-0.2, -0.15) is 0 Å². The third kappa shape index (κ3) is 13.9. The van der Waals surface area contributed by atoms with E-state index in [-0.39, 0.29) is 11.4 Å². The van der Waals surface area contributed by atoms with Gasteiger partial charge in [0.25, 0.3) is 0 Å². The predicted octanol–water partition coefficient (Wildman–Crippen LogP) is 10.3. The Morgan fingerprint density at radius 1 is 0.625 bits per heavy atom. The molecule has 2 nitrogen and oxygen atoms in total. The molecular formula is C30H60O2. The van der Waals surface area contributed by atoms with Crippen molar-refractivity contribution >= 4 is 5.97 Å². The van der Waals surface area contributed by atoms with Gasteiger partial charge < -0.3 is 4.74 Å². The summed E-state index contributed by atoms with van der Waals surface area (Å²) in [4.78, 5) is 13.6. The molecule has 0 aromatic rings. The van der Waals surface area contributed by atoms with Gasteiger partial charge in [0.05, 0.1) is 12.0 Å². The second-order valence-electron chi connectivity index (χ2n) is 10.5. The monoisotopic (exact) mass is 452 g/mol. The van der Waals surface area contributed by atoms with Gasteiger partial charge in [-0.05, 0) is 43.9 Å². The second-order valence-corrected chi connectivity index (χ2v) is 10.5. The number of hydrogen-bond donors (Lipinski definition) is 0. The van der Waals surface area contributed by atoms with E-state index in [4.69, 9.17) is 4.74 Å². The van der Waals surface area contributed by atoms with E-state index in [0.717, 1.165) is 32.1 Å². The molecule has 0 saturated carbocycles. The Hall–Kier alpha value is -0.530. The van der Waals surface area contributed by atoms with Gasteiger partial charge in [-0.25, -0.2) is 0 Å². The maximum atomic E-state index is 13.6. The van der Waals surface area contributed by atoms with E-state index < -0.39 is 0 Å². The molecule has 0 saturated heterocycles. The van der Waals surface area contributed by atoms with Crippen LogP contribution in [0.5, 0.6) is 0 Å². The first-order valence-corrected chi connectivity index (χ1v) is 14.7. The predicted molar refractivity (Wildman–Crippen MR) is 142 cm³/mol. The Balaban J connectivity index is 5.17. The highest BCUT2D eigenvalue weighted by Crippen LogP contribution is 2.40. The summed E-state index contributed by atoms with van der Waals surface area (Å²) in [5.41, 5.74) is -0.264. The van der Waals surface area contributed by atoms with E-state index >= 15 is 0 Å². The van der Waals surface area contributed by atoms with Crippen LogP contribution in [0.3, 0.4) is 0 Å². The summed E-state index contributed by atoms with van der Waals surface area (Å²) in [6, 6.07) is 0. The van der Waals surface area contributed by atoms with Crippen LogP contribution in [-0.2, 0) is 9.53 Å². The van der Waals surface area contributed by atoms with Crippen molar-refractivity contribution in [2.45, 2.75) is 164 Å². The summed E-state index contributed by atoms with van der Waals surface area (Å²) < 4.78 is 6.18. The molecule has 0 aromatic heterocycles. The molecule has 32 heavy (non-hydrogen) atoms. The first-order valence-electron chi connectivity index (χ1n) is 14.7. The maximum absolute atomic E-state index is 13.6. The molecule has 0 aromatic carbocycles. The molecule has 0 bridgehead atoms. The molecule has 192 valence electrons. The van der Waals surface area contributed by atoms with E-state index in [1.54, 1.807) is 0 Å². The van der Waals surface area contributed by atoms with Crippen LogP contribution in [0.15, 0.2) is 0 Å². The van der Waals surface area contributed by atoms with E-state index in [2.05, 4.69) is 41.5 Å². The van der Waals surface area contributed by atoms with Crippen LogP contribution in [0.2, 0.25) is 0 Å². The number of rotatable bonds is 23. The van der Waals surface area contributed by atoms with Crippen LogP contribution in [0.1, 0.15) is 164 Å². The molecule has 0 amide bonds. The van der Waals surface area contributed by atoms with Crippen molar-refractivity contribution in [3.8, 4) is 0 Å². The molecule has 0 aliphatic heterocycles. The molecule has 0 heterocycles. The number of unbranched alkanes of at least 4 members (excludes halogenated alkanes) is 7. The lowest BCUT2D eigenvalue weighted by atomic mass is 9.71. The standard InChI is InChI=1S/C30H60O2/c1-7-13-17-19-23-28(21-15-9-3)26-32-29(31)30(12-6,24-16-10-4)25-27(20-11-5)22-18-14-8-2/h27-28H,7-26H2,1-6H3. The van der Waals surface area contributed by atoms with E-state index in [0.29, 0.717) is 18.4 Å². The van der Waals surface area contributed by atoms with Gasteiger partial charge in [0.2, 0.25) is 0 Å². The zero-order valence-electron chi connectivity index (χ0n) is 23.1.